The predicted molar refractivity (Wildman–Crippen MR) is 163 cm³/mol. The molecule has 4 aromatic rings. The number of nitriles is 1. The average Bonchev–Trinajstić information content (AvgIpc) is 3.78. The van der Waals surface area contributed by atoms with E-state index in [-0.39, 0.29) is 66.1 Å². The number of alkyl halides is 3. The molecule has 0 saturated heterocycles. The number of nitrogens with two attached hydrogens (primary N) is 1. The molecule has 0 unspecified atom stereocenters. The molecule has 6 N–H and O–H groups in total. The Morgan fingerprint density at radius 1 is 1.21 bits per heavy atom. The van der Waals surface area contributed by atoms with Crippen molar-refractivity contribution < 1.29 is 32.7 Å². The summed E-state index contributed by atoms with van der Waals surface area (Å²) in [5, 5.41) is 28.2. The third-order valence-corrected chi connectivity index (χ3v) is 7.51. The second-order valence-electron chi connectivity index (χ2n) is 10.6. The van der Waals surface area contributed by atoms with Gasteiger partial charge in [0.15, 0.2) is 17.2 Å². The van der Waals surface area contributed by atoms with Crippen LogP contribution in [0.2, 0.25) is 0 Å². The number of halogens is 3. The average molecular weight is 655 g/mol. The Hall–Kier alpha value is -5.50. The second-order valence-corrected chi connectivity index (χ2v) is 10.6. The lowest BCUT2D eigenvalue weighted by atomic mass is 10.0. The number of carboxylic acid groups (broad SMARTS) is 1. The van der Waals surface area contributed by atoms with Gasteiger partial charge >= 0.3 is 6.18 Å². The Bertz CT molecular complexity index is 1780. The van der Waals surface area contributed by atoms with Gasteiger partial charge < -0.3 is 26.8 Å². The Morgan fingerprint density at radius 2 is 1.96 bits per heavy atom. The quantitative estimate of drug-likeness (QED) is 0.125. The molecule has 0 bridgehead atoms. The lowest BCUT2D eigenvalue weighted by Gasteiger charge is -2.14. The van der Waals surface area contributed by atoms with Gasteiger partial charge in [0.1, 0.15) is 6.54 Å². The van der Waals surface area contributed by atoms with Gasteiger partial charge in [-0.05, 0) is 49.4 Å². The number of hydrogen-bond acceptors (Lipinski definition) is 9. The summed E-state index contributed by atoms with van der Waals surface area (Å²) in [7, 11) is 0. The maximum atomic E-state index is 13.7. The van der Waals surface area contributed by atoms with Crippen LogP contribution in [0.3, 0.4) is 0 Å². The fourth-order valence-electron chi connectivity index (χ4n) is 5.36. The lowest BCUT2D eigenvalue weighted by Crippen LogP contribution is -2.37. The smallest absolute Gasteiger partial charge is 0.435 e. The van der Waals surface area contributed by atoms with E-state index in [0.29, 0.717) is 30.6 Å². The molecule has 1 aliphatic carbocycles. The predicted octanol–water partition coefficient (Wildman–Crippen LogP) is 3.12. The SMILES string of the molecule is CCc1cc(Nc2nccn3c(-c4cn(CC#N)nc4C(F)(F)F)cnc23)ccc1C(=O)NCCNC(=O)[C@H]1CC[C@H](N)C1.O=CO. The second kappa shape index (κ2) is 15.2. The van der Waals surface area contributed by atoms with Gasteiger partial charge in [-0.3, -0.25) is 23.5 Å². The van der Waals surface area contributed by atoms with Crippen LogP contribution in [0.5, 0.6) is 0 Å². The first-order valence-corrected chi connectivity index (χ1v) is 14.6. The molecule has 5 rings (SSSR count). The number of imidazole rings is 1. The molecule has 1 fully saturated rings. The highest BCUT2D eigenvalue weighted by atomic mass is 19.4. The molecule has 1 saturated carbocycles. The Labute approximate surface area is 266 Å². The zero-order valence-corrected chi connectivity index (χ0v) is 25.3. The number of aromatic nitrogens is 5. The normalized spacial score (nSPS) is 15.7. The van der Waals surface area contributed by atoms with Crippen molar-refractivity contribution in [1.29, 1.82) is 5.26 Å². The zero-order chi connectivity index (χ0) is 34.1. The Morgan fingerprint density at radius 3 is 2.62 bits per heavy atom. The molecule has 14 nitrogen and oxygen atoms in total. The number of nitrogens with zero attached hydrogens (tertiary/aromatic N) is 6. The summed E-state index contributed by atoms with van der Waals surface area (Å²) in [6.45, 7) is 1.90. The van der Waals surface area contributed by atoms with E-state index >= 15 is 0 Å². The molecule has 0 radical (unpaired) electrons. The van der Waals surface area contributed by atoms with Crippen LogP contribution in [0.25, 0.3) is 16.9 Å². The molecule has 0 spiro atoms. The van der Waals surface area contributed by atoms with Crippen LogP contribution in [0.1, 0.15) is 47.8 Å². The monoisotopic (exact) mass is 654 g/mol. The standard InChI is InChI=1S/C29H31F3N10O2.CH2O2/c1-2-17-14-20(5-6-21(17)28(44)37-9-8-36-27(43)18-3-4-19(34)13-18)39-25-26-38-15-23(42(26)12-10-35-25)22-16-41(11-7-33)40-24(22)29(30,31)32;2-1-3/h5-6,10,12,14-16,18-19H,2-4,8-9,11,13,34H2,1H3,(H,35,39)(H,36,43)(H,37,44);1H,(H,2,3)/t18-,19-;/m0./s1. The van der Waals surface area contributed by atoms with Crippen molar-refractivity contribution in [3.05, 3.63) is 59.8 Å². The van der Waals surface area contributed by atoms with Crippen molar-refractivity contribution in [2.75, 3.05) is 18.4 Å². The topological polar surface area (TPSA) is 205 Å². The summed E-state index contributed by atoms with van der Waals surface area (Å²) >= 11 is 0. The zero-order valence-electron chi connectivity index (χ0n) is 25.3. The highest BCUT2D eigenvalue weighted by molar-refractivity contribution is 5.96. The minimum Gasteiger partial charge on any atom is -0.483 e. The number of anilines is 2. The van der Waals surface area contributed by atoms with Crippen LogP contribution < -0.4 is 21.7 Å². The number of aryl methyl sites for hydroxylation is 1. The molecule has 1 aromatic carbocycles. The summed E-state index contributed by atoms with van der Waals surface area (Å²) in [5.41, 5.74) is 6.78. The van der Waals surface area contributed by atoms with Crippen LogP contribution >= 0.6 is 0 Å². The number of benzene rings is 1. The van der Waals surface area contributed by atoms with Gasteiger partial charge in [0.2, 0.25) is 5.91 Å². The first-order chi connectivity index (χ1) is 22.5. The van der Waals surface area contributed by atoms with E-state index < -0.39 is 11.9 Å². The number of amides is 2. The molecule has 2 amide bonds. The van der Waals surface area contributed by atoms with Crippen molar-refractivity contribution in [3.63, 3.8) is 0 Å². The minimum absolute atomic E-state index is 0.0417. The lowest BCUT2D eigenvalue weighted by molar-refractivity contribution is -0.141. The molecule has 47 heavy (non-hydrogen) atoms. The minimum atomic E-state index is -4.74. The first-order valence-electron chi connectivity index (χ1n) is 14.6. The number of rotatable bonds is 10. The maximum absolute atomic E-state index is 13.7. The van der Waals surface area contributed by atoms with Crippen LogP contribution in [0.15, 0.2) is 43.0 Å². The summed E-state index contributed by atoms with van der Waals surface area (Å²) < 4.78 is 43.6. The molecular formula is C30H33F3N10O4. The first kappa shape index (κ1) is 34.4. The van der Waals surface area contributed by atoms with Gasteiger partial charge in [-0.1, -0.05) is 6.92 Å². The van der Waals surface area contributed by atoms with Crippen LogP contribution in [0, 0.1) is 17.2 Å². The fraction of sp³-hybridized carbons (Fsp3) is 0.367. The van der Waals surface area contributed by atoms with E-state index in [4.69, 9.17) is 20.9 Å². The molecule has 1 aliphatic rings. The molecule has 248 valence electrons. The summed E-state index contributed by atoms with van der Waals surface area (Å²) in [4.78, 5) is 42.2. The van der Waals surface area contributed by atoms with Gasteiger partial charge in [0, 0.05) is 54.9 Å². The molecule has 17 heteroatoms. The van der Waals surface area contributed by atoms with E-state index in [2.05, 4.69) is 31.0 Å². The van der Waals surface area contributed by atoms with Gasteiger partial charge in [-0.15, -0.1) is 0 Å². The number of nitrogens with one attached hydrogen (secondary N) is 3. The van der Waals surface area contributed by atoms with E-state index in [1.807, 2.05) is 6.92 Å². The third-order valence-electron chi connectivity index (χ3n) is 7.51. The van der Waals surface area contributed by atoms with Gasteiger partial charge in [0.05, 0.1) is 23.5 Å². The highest BCUT2D eigenvalue weighted by Gasteiger charge is 2.38. The third kappa shape index (κ3) is 8.21. The molecule has 2 atom stereocenters. The molecule has 0 aliphatic heterocycles. The van der Waals surface area contributed by atoms with Crippen molar-refractivity contribution in [1.82, 2.24) is 34.8 Å². The van der Waals surface area contributed by atoms with Crippen molar-refractivity contribution in [2.45, 2.75) is 51.4 Å². The van der Waals surface area contributed by atoms with Crippen LogP contribution in [0.4, 0.5) is 24.7 Å². The largest absolute Gasteiger partial charge is 0.483 e. The van der Waals surface area contributed by atoms with Gasteiger partial charge in [-0.25, -0.2) is 9.97 Å². The summed E-state index contributed by atoms with van der Waals surface area (Å²) in [5.74, 6) is -0.108. The maximum Gasteiger partial charge on any atom is 0.435 e. The van der Waals surface area contributed by atoms with E-state index in [9.17, 15) is 22.8 Å². The molecule has 3 aromatic heterocycles. The van der Waals surface area contributed by atoms with Crippen molar-refractivity contribution in [2.24, 2.45) is 11.7 Å². The molecule has 3 heterocycles. The summed E-state index contributed by atoms with van der Waals surface area (Å²) in [6, 6.07) is 7.02. The van der Waals surface area contributed by atoms with Gasteiger partial charge in [-0.2, -0.15) is 23.5 Å². The number of hydrogen-bond donors (Lipinski definition) is 5. The number of carbonyl (C=O) groups is 3. The van der Waals surface area contributed by atoms with Crippen molar-refractivity contribution >= 4 is 35.4 Å². The Kier molecular flexibility index (Phi) is 11.1. The molecular weight excluding hydrogens is 621 g/mol. The van der Waals surface area contributed by atoms with Crippen molar-refractivity contribution in [3.8, 4) is 17.3 Å². The van der Waals surface area contributed by atoms with Gasteiger partial charge in [0.25, 0.3) is 12.4 Å². The highest BCUT2D eigenvalue weighted by Crippen LogP contribution is 2.37. The van der Waals surface area contributed by atoms with E-state index in [1.54, 1.807) is 24.3 Å². The van der Waals surface area contributed by atoms with Crippen LogP contribution in [-0.2, 0) is 28.7 Å². The number of fused-ring (bicyclic) bond motifs is 1. The Balaban J connectivity index is 0.00000160. The summed E-state index contributed by atoms with van der Waals surface area (Å²) in [6.07, 6.45) is 3.48. The van der Waals surface area contributed by atoms with E-state index in [0.717, 1.165) is 23.1 Å². The fourth-order valence-corrected chi connectivity index (χ4v) is 5.36. The number of carbonyl (C=O) groups excluding carboxylic acids is 2. The van der Waals surface area contributed by atoms with Crippen LogP contribution in [-0.4, -0.2) is 66.7 Å². The van der Waals surface area contributed by atoms with E-state index in [1.165, 1.54) is 29.2 Å².